The number of rotatable bonds is 5. The van der Waals surface area contributed by atoms with Gasteiger partial charge in [-0.25, -0.2) is 0 Å². The number of fused-ring (bicyclic) bond motifs is 1. The molecule has 0 aromatic heterocycles. The highest BCUT2D eigenvalue weighted by Gasteiger charge is 2.39. The van der Waals surface area contributed by atoms with Gasteiger partial charge in [-0.2, -0.15) is 0 Å². The highest BCUT2D eigenvalue weighted by Crippen LogP contribution is 2.43. The van der Waals surface area contributed by atoms with E-state index >= 15 is 0 Å². The number of hydrogen-bond acceptors (Lipinski definition) is 2. The molecule has 0 bridgehead atoms. The Kier molecular flexibility index (Phi) is 4.21. The third-order valence-electron chi connectivity index (χ3n) is 4.90. The second kappa shape index (κ2) is 5.96. The average molecular weight is 304 g/mol. The van der Waals surface area contributed by atoms with Crippen molar-refractivity contribution in [3.8, 4) is 0 Å². The van der Waals surface area contributed by atoms with Crippen LogP contribution in [-0.4, -0.2) is 19.8 Å². The minimum atomic E-state index is 0.0500. The first kappa shape index (κ1) is 14.8. The standard InChI is InChI=1S/C18H22ClNO/c1-20-17(12-18(21-2)10-5-11-18)15-8-9-16(19)14-7-4-3-6-13(14)15/h3-4,6-9,17,20H,5,10-12H2,1-2H3. The molecule has 0 aliphatic heterocycles. The van der Waals surface area contributed by atoms with E-state index in [0.29, 0.717) is 0 Å². The Balaban J connectivity index is 1.99. The Morgan fingerprint density at radius 1 is 1.19 bits per heavy atom. The first-order valence-electron chi connectivity index (χ1n) is 7.59. The van der Waals surface area contributed by atoms with Gasteiger partial charge in [0.05, 0.1) is 5.60 Å². The molecule has 0 heterocycles. The van der Waals surface area contributed by atoms with Crippen molar-refractivity contribution in [2.24, 2.45) is 0 Å². The molecule has 0 spiro atoms. The molecule has 3 rings (SSSR count). The van der Waals surface area contributed by atoms with Crippen molar-refractivity contribution in [3.05, 3.63) is 47.0 Å². The van der Waals surface area contributed by atoms with E-state index in [-0.39, 0.29) is 11.6 Å². The molecule has 1 aliphatic rings. The topological polar surface area (TPSA) is 21.3 Å². The van der Waals surface area contributed by atoms with Crippen molar-refractivity contribution < 1.29 is 4.74 Å². The van der Waals surface area contributed by atoms with Crippen molar-refractivity contribution in [1.29, 1.82) is 0 Å². The van der Waals surface area contributed by atoms with E-state index < -0.39 is 0 Å². The highest BCUT2D eigenvalue weighted by atomic mass is 35.5. The second-order valence-corrected chi connectivity index (χ2v) is 6.38. The van der Waals surface area contributed by atoms with Crippen LogP contribution in [0.5, 0.6) is 0 Å². The maximum atomic E-state index is 6.33. The maximum Gasteiger partial charge on any atom is 0.0697 e. The van der Waals surface area contributed by atoms with E-state index in [1.807, 2.05) is 26.3 Å². The molecule has 1 fully saturated rings. The summed E-state index contributed by atoms with van der Waals surface area (Å²) >= 11 is 6.33. The van der Waals surface area contributed by atoms with Gasteiger partial charge >= 0.3 is 0 Å². The summed E-state index contributed by atoms with van der Waals surface area (Å²) in [6, 6.07) is 12.8. The molecule has 1 N–H and O–H groups in total. The molecule has 0 radical (unpaired) electrons. The number of methoxy groups -OCH3 is 1. The molecule has 112 valence electrons. The Labute approximate surface area is 131 Å². The normalized spacial score (nSPS) is 18.4. The van der Waals surface area contributed by atoms with Gasteiger partial charge in [-0.15, -0.1) is 0 Å². The quantitative estimate of drug-likeness (QED) is 0.863. The van der Waals surface area contributed by atoms with E-state index in [1.165, 1.54) is 17.4 Å². The summed E-state index contributed by atoms with van der Waals surface area (Å²) in [6.07, 6.45) is 4.59. The molecule has 0 saturated heterocycles. The summed E-state index contributed by atoms with van der Waals surface area (Å²) in [7, 11) is 3.86. The number of halogens is 1. The Hall–Kier alpha value is -1.09. The summed E-state index contributed by atoms with van der Waals surface area (Å²) in [6.45, 7) is 0. The molecular formula is C18H22ClNO. The number of hydrogen-bond donors (Lipinski definition) is 1. The molecule has 0 amide bonds. The molecule has 21 heavy (non-hydrogen) atoms. The molecule has 2 aromatic carbocycles. The van der Waals surface area contributed by atoms with Crippen molar-refractivity contribution in [2.75, 3.05) is 14.2 Å². The fourth-order valence-corrected chi connectivity index (χ4v) is 3.62. The van der Waals surface area contributed by atoms with Gasteiger partial charge in [0.25, 0.3) is 0 Å². The largest absolute Gasteiger partial charge is 0.378 e. The number of ether oxygens (including phenoxy) is 1. The first-order chi connectivity index (χ1) is 10.2. The van der Waals surface area contributed by atoms with E-state index in [2.05, 4.69) is 29.6 Å². The van der Waals surface area contributed by atoms with Crippen LogP contribution in [0.15, 0.2) is 36.4 Å². The predicted octanol–water partition coefficient (Wildman–Crippen LogP) is 4.71. The lowest BCUT2D eigenvalue weighted by Gasteiger charge is -2.43. The molecule has 1 unspecified atom stereocenters. The highest BCUT2D eigenvalue weighted by molar-refractivity contribution is 6.35. The smallest absolute Gasteiger partial charge is 0.0697 e. The van der Waals surface area contributed by atoms with Crippen LogP contribution in [0, 0.1) is 0 Å². The summed E-state index contributed by atoms with van der Waals surface area (Å²) < 4.78 is 5.80. The molecule has 2 nitrogen and oxygen atoms in total. The fraction of sp³-hybridized carbons (Fsp3) is 0.444. The third-order valence-corrected chi connectivity index (χ3v) is 5.23. The van der Waals surface area contributed by atoms with Crippen LogP contribution < -0.4 is 5.32 Å². The van der Waals surface area contributed by atoms with Crippen molar-refractivity contribution in [1.82, 2.24) is 5.32 Å². The first-order valence-corrected chi connectivity index (χ1v) is 7.96. The van der Waals surface area contributed by atoms with Gasteiger partial charge in [-0.3, -0.25) is 0 Å². The van der Waals surface area contributed by atoms with E-state index in [9.17, 15) is 0 Å². The molecule has 3 heteroatoms. The molecule has 1 aliphatic carbocycles. The lowest BCUT2D eigenvalue weighted by atomic mass is 9.74. The average Bonchev–Trinajstić information content (AvgIpc) is 2.49. The third kappa shape index (κ3) is 2.68. The zero-order chi connectivity index (χ0) is 14.9. The second-order valence-electron chi connectivity index (χ2n) is 5.97. The van der Waals surface area contributed by atoms with E-state index in [1.54, 1.807) is 0 Å². The zero-order valence-corrected chi connectivity index (χ0v) is 13.4. The van der Waals surface area contributed by atoms with Crippen molar-refractivity contribution >= 4 is 22.4 Å². The summed E-state index contributed by atoms with van der Waals surface area (Å²) in [5.74, 6) is 0. The summed E-state index contributed by atoms with van der Waals surface area (Å²) in [5.41, 5.74) is 1.36. The van der Waals surface area contributed by atoms with Crippen LogP contribution in [0.4, 0.5) is 0 Å². The Morgan fingerprint density at radius 2 is 1.90 bits per heavy atom. The van der Waals surface area contributed by atoms with E-state index in [0.717, 1.165) is 29.7 Å². The molecular weight excluding hydrogens is 282 g/mol. The Morgan fingerprint density at radius 3 is 2.48 bits per heavy atom. The van der Waals surface area contributed by atoms with Crippen LogP contribution in [0.1, 0.15) is 37.3 Å². The number of benzene rings is 2. The lowest BCUT2D eigenvalue weighted by molar-refractivity contribution is -0.0833. The van der Waals surface area contributed by atoms with Crippen molar-refractivity contribution in [2.45, 2.75) is 37.3 Å². The van der Waals surface area contributed by atoms with Gasteiger partial charge in [-0.1, -0.05) is 41.9 Å². The van der Waals surface area contributed by atoms with Gasteiger partial charge < -0.3 is 10.1 Å². The van der Waals surface area contributed by atoms with Gasteiger partial charge in [0.15, 0.2) is 0 Å². The monoisotopic (exact) mass is 303 g/mol. The molecule has 1 saturated carbocycles. The zero-order valence-electron chi connectivity index (χ0n) is 12.7. The van der Waals surface area contributed by atoms with Crippen LogP contribution in [0.25, 0.3) is 10.8 Å². The van der Waals surface area contributed by atoms with Crippen LogP contribution in [0.2, 0.25) is 5.02 Å². The van der Waals surface area contributed by atoms with Gasteiger partial charge in [0.1, 0.15) is 0 Å². The minimum Gasteiger partial charge on any atom is -0.378 e. The SMILES string of the molecule is CNC(CC1(OC)CCC1)c1ccc(Cl)c2ccccc12. The lowest BCUT2D eigenvalue weighted by Crippen LogP contribution is -2.42. The number of nitrogens with one attached hydrogen (secondary N) is 1. The van der Waals surface area contributed by atoms with Gasteiger partial charge in [0.2, 0.25) is 0 Å². The predicted molar refractivity (Wildman–Crippen MR) is 89.0 cm³/mol. The van der Waals surface area contributed by atoms with Crippen LogP contribution in [0.3, 0.4) is 0 Å². The molecule has 2 aromatic rings. The van der Waals surface area contributed by atoms with Crippen molar-refractivity contribution in [3.63, 3.8) is 0 Å². The van der Waals surface area contributed by atoms with Crippen LogP contribution in [-0.2, 0) is 4.74 Å². The van der Waals surface area contributed by atoms with E-state index in [4.69, 9.17) is 16.3 Å². The van der Waals surface area contributed by atoms with Gasteiger partial charge in [-0.05, 0) is 49.7 Å². The summed E-state index contributed by atoms with van der Waals surface area (Å²) in [4.78, 5) is 0. The Bertz CT molecular complexity index is 631. The fourth-order valence-electron chi connectivity index (χ4n) is 3.39. The maximum absolute atomic E-state index is 6.33. The minimum absolute atomic E-state index is 0.0500. The van der Waals surface area contributed by atoms with Gasteiger partial charge in [0, 0.05) is 23.6 Å². The van der Waals surface area contributed by atoms with Crippen LogP contribution >= 0.6 is 11.6 Å². The summed E-state index contributed by atoms with van der Waals surface area (Å²) in [5, 5.41) is 6.63. The molecule has 1 atom stereocenters.